The molecule has 0 saturated heterocycles. The summed E-state index contributed by atoms with van der Waals surface area (Å²) in [6.07, 6.45) is 3.69. The maximum absolute atomic E-state index is 5.65. The molecule has 0 radical (unpaired) electrons. The van der Waals surface area contributed by atoms with Crippen molar-refractivity contribution in [3.8, 4) is 0 Å². The van der Waals surface area contributed by atoms with E-state index in [1.165, 1.54) is 0 Å². The van der Waals surface area contributed by atoms with Crippen molar-refractivity contribution >= 4 is 0 Å². The van der Waals surface area contributed by atoms with E-state index in [4.69, 9.17) is 9.15 Å². The number of rotatable bonds is 8. The van der Waals surface area contributed by atoms with E-state index in [0.29, 0.717) is 12.5 Å². The van der Waals surface area contributed by atoms with Gasteiger partial charge in [0.2, 0.25) is 0 Å². The Labute approximate surface area is 116 Å². The summed E-state index contributed by atoms with van der Waals surface area (Å²) >= 11 is 0. The van der Waals surface area contributed by atoms with Gasteiger partial charge < -0.3 is 14.5 Å². The molecule has 1 aromatic rings. The molecular weight excluding hydrogens is 240 g/mol. The van der Waals surface area contributed by atoms with E-state index < -0.39 is 0 Å². The minimum atomic E-state index is -0.145. The van der Waals surface area contributed by atoms with Crippen LogP contribution in [0, 0.1) is 5.92 Å². The Balaban J connectivity index is 2.20. The van der Waals surface area contributed by atoms with Crippen LogP contribution >= 0.6 is 0 Å². The van der Waals surface area contributed by atoms with E-state index in [-0.39, 0.29) is 5.60 Å². The van der Waals surface area contributed by atoms with Gasteiger partial charge in [-0.2, -0.15) is 0 Å². The Morgan fingerprint density at radius 1 is 1.37 bits per heavy atom. The number of hydrogen-bond donors (Lipinski definition) is 1. The molecule has 0 aliphatic heterocycles. The first kappa shape index (κ1) is 16.2. The van der Waals surface area contributed by atoms with Crippen LogP contribution in [0.4, 0.5) is 0 Å². The minimum absolute atomic E-state index is 0.145. The average molecular weight is 268 g/mol. The highest BCUT2D eigenvalue weighted by Crippen LogP contribution is 2.13. The molecule has 0 saturated carbocycles. The van der Waals surface area contributed by atoms with E-state index >= 15 is 0 Å². The Morgan fingerprint density at radius 3 is 2.74 bits per heavy atom. The van der Waals surface area contributed by atoms with E-state index in [0.717, 1.165) is 37.6 Å². The summed E-state index contributed by atoms with van der Waals surface area (Å²) in [6, 6.07) is 0. The molecule has 110 valence electrons. The summed E-state index contributed by atoms with van der Waals surface area (Å²) in [5.74, 6) is 2.31. The van der Waals surface area contributed by atoms with Gasteiger partial charge in [0.05, 0.1) is 11.8 Å². The minimum Gasteiger partial charge on any atom is -0.443 e. The van der Waals surface area contributed by atoms with Crippen molar-refractivity contribution in [3.63, 3.8) is 0 Å². The van der Waals surface area contributed by atoms with Gasteiger partial charge in [-0.15, -0.1) is 0 Å². The summed E-state index contributed by atoms with van der Waals surface area (Å²) in [5, 5.41) is 3.41. The smallest absolute Gasteiger partial charge is 0.194 e. The lowest BCUT2D eigenvalue weighted by Crippen LogP contribution is -2.21. The van der Waals surface area contributed by atoms with Gasteiger partial charge in [-0.05, 0) is 46.2 Å². The van der Waals surface area contributed by atoms with Crippen LogP contribution in [0.15, 0.2) is 10.6 Å². The van der Waals surface area contributed by atoms with Crippen LogP contribution in [0.25, 0.3) is 0 Å². The van der Waals surface area contributed by atoms with Crippen molar-refractivity contribution < 1.29 is 9.15 Å². The molecular formula is C15H28N2O2. The van der Waals surface area contributed by atoms with E-state index in [1.54, 1.807) is 6.20 Å². The molecule has 0 amide bonds. The quantitative estimate of drug-likeness (QED) is 0.736. The first-order chi connectivity index (χ1) is 8.87. The lowest BCUT2D eigenvalue weighted by Gasteiger charge is -2.18. The molecule has 0 atom stereocenters. The number of hydrogen-bond acceptors (Lipinski definition) is 4. The molecule has 0 aliphatic carbocycles. The molecule has 0 fully saturated rings. The molecule has 0 aromatic carbocycles. The zero-order valence-electron chi connectivity index (χ0n) is 13.0. The second kappa shape index (κ2) is 7.65. The number of aromatic nitrogens is 1. The fraction of sp³-hybridized carbons (Fsp3) is 0.800. The standard InChI is InChI=1S/C15H28N2O2/c1-12(2)9-16-8-6-7-14-17-10-13(19-14)11-18-15(3,4)5/h10,12,16H,6-9,11H2,1-5H3. The lowest BCUT2D eigenvalue weighted by molar-refractivity contribution is -0.0227. The van der Waals surface area contributed by atoms with E-state index in [9.17, 15) is 0 Å². The molecule has 0 aliphatic rings. The number of oxazole rings is 1. The van der Waals surface area contributed by atoms with Crippen LogP contribution in [0.2, 0.25) is 0 Å². The predicted molar refractivity (Wildman–Crippen MR) is 77.1 cm³/mol. The Morgan fingerprint density at radius 2 is 2.11 bits per heavy atom. The molecule has 1 heterocycles. The molecule has 4 heteroatoms. The Kier molecular flexibility index (Phi) is 6.52. The monoisotopic (exact) mass is 268 g/mol. The fourth-order valence-corrected chi connectivity index (χ4v) is 1.57. The van der Waals surface area contributed by atoms with Crippen molar-refractivity contribution in [2.75, 3.05) is 13.1 Å². The summed E-state index contributed by atoms with van der Waals surface area (Å²) in [6.45, 7) is 13.1. The second-order valence-corrected chi connectivity index (χ2v) is 6.32. The molecule has 1 N–H and O–H groups in total. The number of nitrogens with zero attached hydrogens (tertiary/aromatic N) is 1. The van der Waals surface area contributed by atoms with Crippen LogP contribution < -0.4 is 5.32 Å². The highest BCUT2D eigenvalue weighted by molar-refractivity contribution is 4.93. The maximum Gasteiger partial charge on any atom is 0.194 e. The fourth-order valence-electron chi connectivity index (χ4n) is 1.57. The van der Waals surface area contributed by atoms with Crippen LogP contribution in [0.5, 0.6) is 0 Å². The first-order valence-corrected chi connectivity index (χ1v) is 7.15. The maximum atomic E-state index is 5.65. The van der Waals surface area contributed by atoms with Crippen molar-refractivity contribution in [1.29, 1.82) is 0 Å². The average Bonchev–Trinajstić information content (AvgIpc) is 2.72. The molecule has 1 rings (SSSR count). The van der Waals surface area contributed by atoms with Crippen LogP contribution in [-0.2, 0) is 17.8 Å². The third-order valence-electron chi connectivity index (χ3n) is 2.55. The summed E-state index contributed by atoms with van der Waals surface area (Å²) < 4.78 is 11.3. The lowest BCUT2D eigenvalue weighted by atomic mass is 10.2. The second-order valence-electron chi connectivity index (χ2n) is 6.32. The largest absolute Gasteiger partial charge is 0.443 e. The van der Waals surface area contributed by atoms with Crippen molar-refractivity contribution in [3.05, 3.63) is 17.8 Å². The number of aryl methyl sites for hydroxylation is 1. The third kappa shape index (κ3) is 8.01. The molecule has 0 spiro atoms. The van der Waals surface area contributed by atoms with Crippen molar-refractivity contribution in [1.82, 2.24) is 10.3 Å². The summed E-state index contributed by atoms with van der Waals surface area (Å²) in [7, 11) is 0. The van der Waals surface area contributed by atoms with Gasteiger partial charge in [-0.3, -0.25) is 0 Å². The van der Waals surface area contributed by atoms with Gasteiger partial charge in [-0.1, -0.05) is 13.8 Å². The molecule has 1 aromatic heterocycles. The number of nitrogens with one attached hydrogen (secondary N) is 1. The van der Waals surface area contributed by atoms with Crippen LogP contribution in [0.3, 0.4) is 0 Å². The van der Waals surface area contributed by atoms with Gasteiger partial charge >= 0.3 is 0 Å². The van der Waals surface area contributed by atoms with Gasteiger partial charge in [0.15, 0.2) is 5.89 Å². The highest BCUT2D eigenvalue weighted by atomic mass is 16.5. The van der Waals surface area contributed by atoms with Gasteiger partial charge in [0.1, 0.15) is 12.4 Å². The highest BCUT2D eigenvalue weighted by Gasteiger charge is 2.12. The van der Waals surface area contributed by atoms with Gasteiger partial charge in [0.25, 0.3) is 0 Å². The topological polar surface area (TPSA) is 47.3 Å². The third-order valence-corrected chi connectivity index (χ3v) is 2.55. The van der Waals surface area contributed by atoms with E-state index in [2.05, 4.69) is 24.1 Å². The first-order valence-electron chi connectivity index (χ1n) is 7.15. The number of ether oxygens (including phenoxy) is 1. The van der Waals surface area contributed by atoms with Crippen LogP contribution in [-0.4, -0.2) is 23.7 Å². The SMILES string of the molecule is CC(C)CNCCCc1ncc(COC(C)(C)C)o1. The van der Waals surface area contributed by atoms with Gasteiger partial charge in [-0.25, -0.2) is 4.98 Å². The van der Waals surface area contributed by atoms with Crippen molar-refractivity contribution in [2.45, 2.75) is 59.7 Å². The summed E-state index contributed by atoms with van der Waals surface area (Å²) in [5.41, 5.74) is -0.145. The molecule has 4 nitrogen and oxygen atoms in total. The zero-order valence-corrected chi connectivity index (χ0v) is 13.0. The zero-order chi connectivity index (χ0) is 14.3. The van der Waals surface area contributed by atoms with E-state index in [1.807, 2.05) is 20.8 Å². The molecule has 0 unspecified atom stereocenters. The molecule has 0 bridgehead atoms. The summed E-state index contributed by atoms with van der Waals surface area (Å²) in [4.78, 5) is 4.28. The molecule has 19 heavy (non-hydrogen) atoms. The van der Waals surface area contributed by atoms with Gasteiger partial charge in [0, 0.05) is 6.42 Å². The predicted octanol–water partition coefficient (Wildman–Crippen LogP) is 3.17. The van der Waals surface area contributed by atoms with Crippen molar-refractivity contribution in [2.24, 2.45) is 5.92 Å². The Bertz CT molecular complexity index is 353. The van der Waals surface area contributed by atoms with Crippen LogP contribution in [0.1, 0.15) is 52.7 Å². The normalized spacial score (nSPS) is 12.3. The Hall–Kier alpha value is -0.870.